The summed E-state index contributed by atoms with van der Waals surface area (Å²) in [6, 6.07) is 7.79. The minimum atomic E-state index is -0.659. The van der Waals surface area contributed by atoms with E-state index in [1.165, 1.54) is 34.4 Å². The number of carbonyl (C=O) groups excluding carboxylic acids is 1. The molecule has 2 aromatic rings. The van der Waals surface area contributed by atoms with E-state index in [0.29, 0.717) is 10.9 Å². The first-order valence-electron chi connectivity index (χ1n) is 5.18. The summed E-state index contributed by atoms with van der Waals surface area (Å²) >= 11 is 7.22. The zero-order valence-corrected chi connectivity index (χ0v) is 11.1. The standard InChI is InChI=1S/C12H10ClFN2OS/c1-16(7-8-5-6-10(13)18-8)12(17)9-3-2-4-11(14)15-9/h2-6H,7H2,1H3. The van der Waals surface area contributed by atoms with E-state index in [0.717, 1.165) is 4.88 Å². The van der Waals surface area contributed by atoms with Crippen LogP contribution in [0.5, 0.6) is 0 Å². The van der Waals surface area contributed by atoms with Crippen molar-refractivity contribution in [2.45, 2.75) is 6.54 Å². The van der Waals surface area contributed by atoms with Gasteiger partial charge in [-0.2, -0.15) is 4.39 Å². The minimum absolute atomic E-state index is 0.0974. The molecule has 0 bridgehead atoms. The molecule has 6 heteroatoms. The molecule has 0 atom stereocenters. The van der Waals surface area contributed by atoms with Gasteiger partial charge < -0.3 is 4.90 Å². The number of hydrogen-bond acceptors (Lipinski definition) is 3. The maximum Gasteiger partial charge on any atom is 0.272 e. The van der Waals surface area contributed by atoms with Crippen molar-refractivity contribution in [1.82, 2.24) is 9.88 Å². The molecule has 3 nitrogen and oxygen atoms in total. The van der Waals surface area contributed by atoms with E-state index < -0.39 is 5.95 Å². The molecular weight excluding hydrogens is 275 g/mol. The lowest BCUT2D eigenvalue weighted by atomic mass is 10.3. The number of thiophene rings is 1. The predicted octanol–water partition coefficient (Wildman–Crippen LogP) is 3.21. The lowest BCUT2D eigenvalue weighted by Crippen LogP contribution is -2.26. The molecule has 0 radical (unpaired) electrons. The summed E-state index contributed by atoms with van der Waals surface area (Å²) in [5.74, 6) is -0.979. The van der Waals surface area contributed by atoms with Crippen LogP contribution in [0.25, 0.3) is 0 Å². The molecule has 94 valence electrons. The largest absolute Gasteiger partial charge is 0.335 e. The van der Waals surface area contributed by atoms with E-state index >= 15 is 0 Å². The maximum atomic E-state index is 12.9. The summed E-state index contributed by atoms with van der Waals surface area (Å²) in [6.07, 6.45) is 0. The Labute approximate surface area is 113 Å². The average molecular weight is 285 g/mol. The van der Waals surface area contributed by atoms with Gasteiger partial charge in [0.2, 0.25) is 5.95 Å². The number of amides is 1. The molecule has 2 rings (SSSR count). The molecule has 18 heavy (non-hydrogen) atoms. The number of carbonyl (C=O) groups is 1. The Bertz CT molecular complexity index is 573. The van der Waals surface area contributed by atoms with Crippen molar-refractivity contribution in [2.24, 2.45) is 0 Å². The van der Waals surface area contributed by atoms with Gasteiger partial charge in [0.1, 0.15) is 5.69 Å². The van der Waals surface area contributed by atoms with Crippen LogP contribution in [0.3, 0.4) is 0 Å². The van der Waals surface area contributed by atoms with Crippen LogP contribution in [-0.2, 0) is 6.54 Å². The van der Waals surface area contributed by atoms with E-state index in [2.05, 4.69) is 4.98 Å². The number of halogens is 2. The Morgan fingerprint density at radius 3 is 2.83 bits per heavy atom. The highest BCUT2D eigenvalue weighted by molar-refractivity contribution is 7.16. The Morgan fingerprint density at radius 2 is 2.22 bits per heavy atom. The quantitative estimate of drug-likeness (QED) is 0.811. The van der Waals surface area contributed by atoms with Crippen molar-refractivity contribution >= 4 is 28.8 Å². The van der Waals surface area contributed by atoms with Gasteiger partial charge in [0.15, 0.2) is 0 Å². The van der Waals surface area contributed by atoms with Gasteiger partial charge in [0, 0.05) is 11.9 Å². The van der Waals surface area contributed by atoms with Crippen molar-refractivity contribution in [1.29, 1.82) is 0 Å². The number of nitrogens with zero attached hydrogens (tertiary/aromatic N) is 2. The molecule has 0 saturated heterocycles. The molecule has 0 fully saturated rings. The van der Waals surface area contributed by atoms with Gasteiger partial charge in [-0.05, 0) is 24.3 Å². The Hall–Kier alpha value is -1.46. The van der Waals surface area contributed by atoms with Gasteiger partial charge in [-0.3, -0.25) is 4.79 Å². The number of rotatable bonds is 3. The average Bonchev–Trinajstić information content (AvgIpc) is 2.73. The summed E-state index contributed by atoms with van der Waals surface area (Å²) in [6.45, 7) is 0.425. The SMILES string of the molecule is CN(Cc1ccc(Cl)s1)C(=O)c1cccc(F)n1. The highest BCUT2D eigenvalue weighted by atomic mass is 35.5. The fourth-order valence-corrected chi connectivity index (χ4v) is 2.61. The van der Waals surface area contributed by atoms with Crippen LogP contribution < -0.4 is 0 Å². The monoisotopic (exact) mass is 284 g/mol. The lowest BCUT2D eigenvalue weighted by Gasteiger charge is -2.15. The van der Waals surface area contributed by atoms with E-state index in [1.807, 2.05) is 6.07 Å². The molecule has 0 aliphatic heterocycles. The molecule has 2 aromatic heterocycles. The third-order valence-corrected chi connectivity index (χ3v) is 3.52. The molecule has 0 aliphatic carbocycles. The smallest absolute Gasteiger partial charge is 0.272 e. The predicted molar refractivity (Wildman–Crippen MR) is 69.3 cm³/mol. The van der Waals surface area contributed by atoms with Crippen LogP contribution in [-0.4, -0.2) is 22.8 Å². The Balaban J connectivity index is 2.09. The van der Waals surface area contributed by atoms with Crippen LogP contribution in [0.4, 0.5) is 4.39 Å². The number of pyridine rings is 1. The van der Waals surface area contributed by atoms with Gasteiger partial charge in [0.05, 0.1) is 10.9 Å². The molecule has 0 spiro atoms. The normalized spacial score (nSPS) is 10.4. The first-order valence-corrected chi connectivity index (χ1v) is 6.38. The third-order valence-electron chi connectivity index (χ3n) is 2.30. The molecule has 0 unspecified atom stereocenters. The summed E-state index contributed by atoms with van der Waals surface area (Å²) in [4.78, 5) is 18.0. The van der Waals surface area contributed by atoms with E-state index in [-0.39, 0.29) is 11.6 Å². The van der Waals surface area contributed by atoms with Crippen LogP contribution in [0.15, 0.2) is 30.3 Å². The van der Waals surface area contributed by atoms with Gasteiger partial charge in [0.25, 0.3) is 5.91 Å². The van der Waals surface area contributed by atoms with Gasteiger partial charge in [-0.25, -0.2) is 4.98 Å². The highest BCUT2D eigenvalue weighted by Crippen LogP contribution is 2.22. The summed E-state index contributed by atoms with van der Waals surface area (Å²) in [7, 11) is 1.64. The van der Waals surface area contributed by atoms with Gasteiger partial charge in [-0.15, -0.1) is 11.3 Å². The second-order valence-electron chi connectivity index (χ2n) is 3.71. The summed E-state index contributed by atoms with van der Waals surface area (Å²) < 4.78 is 13.6. The highest BCUT2D eigenvalue weighted by Gasteiger charge is 2.14. The van der Waals surface area contributed by atoms with Crippen LogP contribution >= 0.6 is 22.9 Å². The van der Waals surface area contributed by atoms with Crippen LogP contribution in [0, 0.1) is 5.95 Å². The molecule has 0 N–H and O–H groups in total. The van der Waals surface area contributed by atoms with E-state index in [1.54, 1.807) is 13.1 Å². The molecule has 0 saturated carbocycles. The molecular formula is C12H10ClFN2OS. The van der Waals surface area contributed by atoms with Crippen molar-refractivity contribution < 1.29 is 9.18 Å². The summed E-state index contributed by atoms with van der Waals surface area (Å²) in [5.41, 5.74) is 0.0974. The van der Waals surface area contributed by atoms with Crippen LogP contribution in [0.2, 0.25) is 4.34 Å². The fourth-order valence-electron chi connectivity index (χ4n) is 1.47. The second kappa shape index (κ2) is 5.46. The van der Waals surface area contributed by atoms with Gasteiger partial charge >= 0.3 is 0 Å². The van der Waals surface area contributed by atoms with Crippen molar-refractivity contribution in [3.63, 3.8) is 0 Å². The van der Waals surface area contributed by atoms with Crippen LogP contribution in [0.1, 0.15) is 15.4 Å². The topological polar surface area (TPSA) is 33.2 Å². The zero-order valence-electron chi connectivity index (χ0n) is 9.56. The molecule has 0 aliphatic rings. The maximum absolute atomic E-state index is 12.9. The first-order chi connectivity index (χ1) is 8.56. The van der Waals surface area contributed by atoms with E-state index in [9.17, 15) is 9.18 Å². The van der Waals surface area contributed by atoms with Crippen molar-refractivity contribution in [3.05, 3.63) is 51.2 Å². The Morgan fingerprint density at radius 1 is 1.44 bits per heavy atom. The van der Waals surface area contributed by atoms with E-state index in [4.69, 9.17) is 11.6 Å². The fraction of sp³-hybridized carbons (Fsp3) is 0.167. The third kappa shape index (κ3) is 3.05. The number of aromatic nitrogens is 1. The first kappa shape index (κ1) is 13.0. The van der Waals surface area contributed by atoms with Crippen molar-refractivity contribution in [2.75, 3.05) is 7.05 Å². The molecule has 0 aromatic carbocycles. The molecule has 1 amide bonds. The number of hydrogen-bond donors (Lipinski definition) is 0. The Kier molecular flexibility index (Phi) is 3.93. The van der Waals surface area contributed by atoms with Crippen molar-refractivity contribution in [3.8, 4) is 0 Å². The lowest BCUT2D eigenvalue weighted by molar-refractivity contribution is 0.0779. The van der Waals surface area contributed by atoms with Gasteiger partial charge in [-0.1, -0.05) is 17.7 Å². The summed E-state index contributed by atoms with van der Waals surface area (Å²) in [5, 5.41) is 0. The minimum Gasteiger partial charge on any atom is -0.335 e. The second-order valence-corrected chi connectivity index (χ2v) is 5.51. The zero-order chi connectivity index (χ0) is 13.1. The molecule has 2 heterocycles.